The quantitative estimate of drug-likeness (QED) is 0.430. The lowest BCUT2D eigenvalue weighted by Gasteiger charge is -2.19. The number of fused-ring (bicyclic) bond motifs is 3. The van der Waals surface area contributed by atoms with Crippen LogP contribution in [0.4, 0.5) is 5.82 Å². The number of hydrogen-bond donors (Lipinski definition) is 1. The number of hydrogen-bond acceptors (Lipinski definition) is 3. The van der Waals surface area contributed by atoms with Gasteiger partial charge in [-0.3, -0.25) is 4.40 Å². The molecule has 0 radical (unpaired) electrons. The highest BCUT2D eigenvalue weighted by Gasteiger charge is 2.20. The molecule has 4 nitrogen and oxygen atoms in total. The molecule has 0 fully saturated rings. The lowest BCUT2D eigenvalue weighted by molar-refractivity contribution is 0.827. The summed E-state index contributed by atoms with van der Waals surface area (Å²) in [5.74, 6) is 1.05. The van der Waals surface area contributed by atoms with E-state index in [-0.39, 0.29) is 0 Å². The summed E-state index contributed by atoms with van der Waals surface area (Å²) in [5, 5.41) is 13.6. The molecule has 1 N–H and O–H groups in total. The predicted octanol–water partition coefficient (Wildman–Crippen LogP) is 5.78. The largest absolute Gasteiger partial charge is 0.371 e. The van der Waals surface area contributed by atoms with Crippen molar-refractivity contribution >= 4 is 22.5 Å². The smallest absolute Gasteiger partial charge is 0.157 e. The number of anilines is 1. The second kappa shape index (κ2) is 7.97. The molecule has 4 aromatic rings. The zero-order valence-corrected chi connectivity index (χ0v) is 17.3. The highest BCUT2D eigenvalue weighted by molar-refractivity contribution is 5.86. The maximum Gasteiger partial charge on any atom is 0.157 e. The van der Waals surface area contributed by atoms with Gasteiger partial charge in [-0.25, -0.2) is 4.98 Å². The van der Waals surface area contributed by atoms with Crippen molar-refractivity contribution in [3.63, 3.8) is 0 Å². The summed E-state index contributed by atoms with van der Waals surface area (Å²) < 4.78 is 2.14. The fourth-order valence-electron chi connectivity index (χ4n) is 3.88. The fraction of sp³-hybridized carbons (Fsp3) is 0.280. The summed E-state index contributed by atoms with van der Waals surface area (Å²) in [6.45, 7) is 7.24. The molecular formula is C25H26N4. The number of rotatable bonds is 6. The van der Waals surface area contributed by atoms with E-state index in [0.717, 1.165) is 59.4 Å². The Morgan fingerprint density at radius 2 is 1.83 bits per heavy atom. The van der Waals surface area contributed by atoms with Gasteiger partial charge in [0.1, 0.15) is 11.9 Å². The normalized spacial score (nSPS) is 11.1. The molecule has 4 rings (SSSR count). The third-order valence-corrected chi connectivity index (χ3v) is 5.56. The molecule has 0 bridgehead atoms. The Morgan fingerprint density at radius 3 is 2.55 bits per heavy atom. The van der Waals surface area contributed by atoms with E-state index >= 15 is 0 Å². The van der Waals surface area contributed by atoms with E-state index in [1.807, 2.05) is 25.1 Å². The molecule has 0 saturated carbocycles. The Hall–Kier alpha value is -3.32. The standard InChI is InChI=1S/C25H26N4/c1-4-5-14-27-24-20(15-19-12-10-17(2)11-13-19)18(3)21(16-26)25-28-22-8-6-7-9-23(22)29(24)25/h6-13,27H,4-5,14-15H2,1-3H3. The number of imidazole rings is 1. The summed E-state index contributed by atoms with van der Waals surface area (Å²) in [7, 11) is 0. The van der Waals surface area contributed by atoms with Gasteiger partial charge >= 0.3 is 0 Å². The Morgan fingerprint density at radius 1 is 1.07 bits per heavy atom. The minimum absolute atomic E-state index is 0.657. The van der Waals surface area contributed by atoms with Crippen molar-refractivity contribution in [3.05, 3.63) is 76.3 Å². The summed E-state index contributed by atoms with van der Waals surface area (Å²) in [6.07, 6.45) is 3.00. The number of nitriles is 1. The van der Waals surface area contributed by atoms with Gasteiger partial charge in [0, 0.05) is 18.5 Å². The summed E-state index contributed by atoms with van der Waals surface area (Å²) in [6, 6.07) is 19.2. The van der Waals surface area contributed by atoms with Crippen LogP contribution in [0.15, 0.2) is 48.5 Å². The van der Waals surface area contributed by atoms with Crippen molar-refractivity contribution in [1.29, 1.82) is 5.26 Å². The SMILES string of the molecule is CCCCNc1c(Cc2ccc(C)cc2)c(C)c(C#N)c2nc3ccccc3n12. The molecule has 0 aliphatic rings. The number of benzene rings is 2. The lowest BCUT2D eigenvalue weighted by Crippen LogP contribution is -2.12. The maximum absolute atomic E-state index is 9.95. The molecule has 0 amide bonds. The molecule has 2 heterocycles. The van der Waals surface area contributed by atoms with Gasteiger partial charge in [-0.2, -0.15) is 5.26 Å². The molecule has 0 unspecified atom stereocenters. The molecule has 2 aromatic heterocycles. The average Bonchev–Trinajstić information content (AvgIpc) is 3.11. The van der Waals surface area contributed by atoms with Gasteiger partial charge in [0.15, 0.2) is 5.65 Å². The van der Waals surface area contributed by atoms with Crippen molar-refractivity contribution < 1.29 is 0 Å². The van der Waals surface area contributed by atoms with Crippen LogP contribution in [-0.4, -0.2) is 15.9 Å². The van der Waals surface area contributed by atoms with Crippen molar-refractivity contribution in [2.24, 2.45) is 0 Å². The van der Waals surface area contributed by atoms with Gasteiger partial charge in [0.2, 0.25) is 0 Å². The van der Waals surface area contributed by atoms with Crippen LogP contribution in [0.25, 0.3) is 16.7 Å². The van der Waals surface area contributed by atoms with Gasteiger partial charge in [-0.05, 0) is 43.5 Å². The van der Waals surface area contributed by atoms with Crippen LogP contribution in [0.1, 0.15) is 47.6 Å². The number of nitrogens with zero attached hydrogens (tertiary/aromatic N) is 3. The predicted molar refractivity (Wildman–Crippen MR) is 120 cm³/mol. The van der Waals surface area contributed by atoms with Gasteiger partial charge in [0.25, 0.3) is 0 Å². The molecule has 0 atom stereocenters. The van der Waals surface area contributed by atoms with Crippen LogP contribution in [0, 0.1) is 25.2 Å². The summed E-state index contributed by atoms with van der Waals surface area (Å²) in [4.78, 5) is 4.80. The van der Waals surface area contributed by atoms with Crippen LogP contribution in [0.3, 0.4) is 0 Å². The number of aromatic nitrogens is 2. The lowest BCUT2D eigenvalue weighted by atomic mass is 9.97. The third-order valence-electron chi connectivity index (χ3n) is 5.56. The Labute approximate surface area is 171 Å². The first-order valence-corrected chi connectivity index (χ1v) is 10.3. The number of pyridine rings is 1. The molecular weight excluding hydrogens is 356 g/mol. The zero-order chi connectivity index (χ0) is 20.4. The number of nitrogens with one attached hydrogen (secondary N) is 1. The van der Waals surface area contributed by atoms with E-state index < -0.39 is 0 Å². The topological polar surface area (TPSA) is 53.1 Å². The van der Waals surface area contributed by atoms with Gasteiger partial charge in [0.05, 0.1) is 16.6 Å². The van der Waals surface area contributed by atoms with Crippen molar-refractivity contribution in [1.82, 2.24) is 9.38 Å². The monoisotopic (exact) mass is 382 g/mol. The Kier molecular flexibility index (Phi) is 5.22. The highest BCUT2D eigenvalue weighted by atomic mass is 15.1. The first-order valence-electron chi connectivity index (χ1n) is 10.3. The van der Waals surface area contributed by atoms with E-state index in [0.29, 0.717) is 5.56 Å². The van der Waals surface area contributed by atoms with E-state index in [1.54, 1.807) is 0 Å². The number of unbranched alkanes of at least 4 members (excludes halogenated alkanes) is 1. The van der Waals surface area contributed by atoms with Gasteiger partial charge in [-0.1, -0.05) is 55.3 Å². The minimum Gasteiger partial charge on any atom is -0.371 e. The van der Waals surface area contributed by atoms with Crippen molar-refractivity contribution in [2.75, 3.05) is 11.9 Å². The number of para-hydroxylation sites is 2. The van der Waals surface area contributed by atoms with E-state index in [4.69, 9.17) is 4.98 Å². The second-order valence-corrected chi connectivity index (χ2v) is 7.64. The van der Waals surface area contributed by atoms with Crippen LogP contribution in [0.2, 0.25) is 0 Å². The molecule has 29 heavy (non-hydrogen) atoms. The first-order chi connectivity index (χ1) is 14.1. The fourth-order valence-corrected chi connectivity index (χ4v) is 3.88. The van der Waals surface area contributed by atoms with Crippen molar-refractivity contribution in [3.8, 4) is 6.07 Å². The molecule has 0 spiro atoms. The van der Waals surface area contributed by atoms with Gasteiger partial charge < -0.3 is 5.32 Å². The molecule has 0 saturated heterocycles. The highest BCUT2D eigenvalue weighted by Crippen LogP contribution is 2.32. The molecule has 0 aliphatic carbocycles. The third kappa shape index (κ3) is 3.45. The summed E-state index contributed by atoms with van der Waals surface area (Å²) in [5.41, 5.74) is 8.00. The molecule has 2 aromatic carbocycles. The number of aryl methyl sites for hydroxylation is 1. The van der Waals surface area contributed by atoms with E-state index in [2.05, 4.69) is 60.0 Å². The second-order valence-electron chi connectivity index (χ2n) is 7.64. The minimum atomic E-state index is 0.657. The zero-order valence-electron chi connectivity index (χ0n) is 17.3. The van der Waals surface area contributed by atoms with E-state index in [1.165, 1.54) is 11.1 Å². The molecule has 146 valence electrons. The van der Waals surface area contributed by atoms with E-state index in [9.17, 15) is 5.26 Å². The molecule has 0 aliphatic heterocycles. The Balaban J connectivity index is 1.99. The maximum atomic E-state index is 9.95. The van der Waals surface area contributed by atoms with Gasteiger partial charge in [-0.15, -0.1) is 0 Å². The van der Waals surface area contributed by atoms with Crippen LogP contribution < -0.4 is 5.32 Å². The van der Waals surface area contributed by atoms with Crippen molar-refractivity contribution in [2.45, 2.75) is 40.0 Å². The van der Waals surface area contributed by atoms with Crippen LogP contribution >= 0.6 is 0 Å². The first kappa shape index (κ1) is 19.0. The Bertz CT molecular complexity index is 1210. The average molecular weight is 383 g/mol. The van der Waals surface area contributed by atoms with Crippen LogP contribution in [0.5, 0.6) is 0 Å². The van der Waals surface area contributed by atoms with Crippen LogP contribution in [-0.2, 0) is 6.42 Å². The molecule has 4 heteroatoms. The summed E-state index contributed by atoms with van der Waals surface area (Å²) >= 11 is 0.